The fraction of sp³-hybridized carbons (Fsp3) is 0.500. The predicted molar refractivity (Wildman–Crippen MR) is 82.9 cm³/mol. The minimum Gasteiger partial charge on any atom is -0.345 e. The highest BCUT2D eigenvalue weighted by atomic mass is 19.1. The molecule has 6 heteroatoms. The molecule has 0 radical (unpaired) electrons. The van der Waals surface area contributed by atoms with Crippen LogP contribution in [-0.4, -0.2) is 54.8 Å². The van der Waals surface area contributed by atoms with Crippen LogP contribution in [0.4, 0.5) is 10.1 Å². The number of amides is 2. The zero-order valence-corrected chi connectivity index (χ0v) is 12.8. The predicted octanol–water partition coefficient (Wildman–Crippen LogP) is 1.71. The van der Waals surface area contributed by atoms with Gasteiger partial charge in [-0.05, 0) is 37.1 Å². The van der Waals surface area contributed by atoms with Gasteiger partial charge >= 0.3 is 0 Å². The van der Waals surface area contributed by atoms with Crippen LogP contribution in [-0.2, 0) is 9.59 Å². The molecule has 0 aromatic heterocycles. The molecule has 2 rings (SSSR count). The Kier molecular flexibility index (Phi) is 5.89. The number of carbonyl (C=O) groups is 2. The van der Waals surface area contributed by atoms with Gasteiger partial charge in [0.25, 0.3) is 0 Å². The number of anilines is 1. The van der Waals surface area contributed by atoms with Crippen molar-refractivity contribution in [3.63, 3.8) is 0 Å². The number of benzene rings is 1. The van der Waals surface area contributed by atoms with E-state index in [4.69, 9.17) is 0 Å². The second kappa shape index (κ2) is 7.89. The molecule has 1 aliphatic rings. The summed E-state index contributed by atoms with van der Waals surface area (Å²) in [7, 11) is 1.81. The summed E-state index contributed by atoms with van der Waals surface area (Å²) < 4.78 is 12.8. The Balaban J connectivity index is 1.69. The number of likely N-dealkylation sites (tertiary alicyclic amines) is 1. The first kappa shape index (κ1) is 16.4. The molecule has 1 N–H and O–H groups in total. The molecule has 22 heavy (non-hydrogen) atoms. The summed E-state index contributed by atoms with van der Waals surface area (Å²) in [5, 5.41) is 2.76. The Labute approximate surface area is 130 Å². The number of carbonyl (C=O) groups excluding carboxylic acids is 2. The van der Waals surface area contributed by atoms with Gasteiger partial charge in [-0.25, -0.2) is 4.39 Å². The van der Waals surface area contributed by atoms with Crippen LogP contribution in [0.25, 0.3) is 0 Å². The summed E-state index contributed by atoms with van der Waals surface area (Å²) in [6, 6.07) is 6.05. The molecule has 0 bridgehead atoms. The van der Waals surface area contributed by atoms with E-state index in [1.54, 1.807) is 17.0 Å². The van der Waals surface area contributed by atoms with E-state index in [0.29, 0.717) is 24.7 Å². The highest BCUT2D eigenvalue weighted by molar-refractivity contribution is 5.90. The highest BCUT2D eigenvalue weighted by Gasteiger charge is 2.21. The van der Waals surface area contributed by atoms with Gasteiger partial charge in [0, 0.05) is 44.8 Å². The Morgan fingerprint density at radius 1 is 1.36 bits per heavy atom. The molecule has 2 amide bonds. The molecule has 120 valence electrons. The molecular formula is C16H22FN3O2. The molecule has 0 saturated carbocycles. The van der Waals surface area contributed by atoms with Crippen LogP contribution >= 0.6 is 0 Å². The van der Waals surface area contributed by atoms with E-state index in [2.05, 4.69) is 10.2 Å². The van der Waals surface area contributed by atoms with Crippen molar-refractivity contribution < 1.29 is 14.0 Å². The Bertz CT molecular complexity index is 499. The van der Waals surface area contributed by atoms with E-state index in [9.17, 15) is 14.0 Å². The standard InChI is InChI=1S/C16H22FN3O2/c1-19(12-21)15-6-9-20(10-7-15)11-8-16(22)18-14-4-2-13(17)3-5-14/h2-5,12,15H,6-11H2,1H3,(H,18,22). The molecule has 1 fully saturated rings. The van der Waals surface area contributed by atoms with Crippen molar-refractivity contribution in [2.75, 3.05) is 32.0 Å². The van der Waals surface area contributed by atoms with Crippen molar-refractivity contribution in [3.8, 4) is 0 Å². The van der Waals surface area contributed by atoms with Crippen LogP contribution in [0.5, 0.6) is 0 Å². The fourth-order valence-electron chi connectivity index (χ4n) is 2.65. The van der Waals surface area contributed by atoms with Gasteiger partial charge in [0.05, 0.1) is 0 Å². The summed E-state index contributed by atoms with van der Waals surface area (Å²) >= 11 is 0. The molecule has 1 heterocycles. The van der Waals surface area contributed by atoms with Gasteiger partial charge in [0.1, 0.15) is 5.82 Å². The monoisotopic (exact) mass is 307 g/mol. The van der Waals surface area contributed by atoms with Crippen molar-refractivity contribution in [2.45, 2.75) is 25.3 Å². The molecule has 0 aliphatic carbocycles. The third kappa shape index (κ3) is 4.80. The molecule has 5 nitrogen and oxygen atoms in total. The van der Waals surface area contributed by atoms with Crippen LogP contribution < -0.4 is 5.32 Å². The summed E-state index contributed by atoms with van der Waals surface area (Å²) in [6.07, 6.45) is 3.16. The summed E-state index contributed by atoms with van der Waals surface area (Å²) in [6.45, 7) is 2.49. The number of nitrogens with zero attached hydrogens (tertiary/aromatic N) is 2. The Morgan fingerprint density at radius 3 is 2.59 bits per heavy atom. The van der Waals surface area contributed by atoms with E-state index >= 15 is 0 Å². The van der Waals surface area contributed by atoms with Crippen LogP contribution in [0.3, 0.4) is 0 Å². The Hall–Kier alpha value is -1.95. The lowest BCUT2D eigenvalue weighted by Crippen LogP contribution is -2.43. The molecule has 0 atom stereocenters. The van der Waals surface area contributed by atoms with E-state index in [-0.39, 0.29) is 11.7 Å². The molecular weight excluding hydrogens is 285 g/mol. The van der Waals surface area contributed by atoms with Crippen molar-refractivity contribution in [2.24, 2.45) is 0 Å². The van der Waals surface area contributed by atoms with Gasteiger partial charge in [0.15, 0.2) is 0 Å². The maximum atomic E-state index is 12.8. The summed E-state index contributed by atoms with van der Waals surface area (Å²) in [5.74, 6) is -0.389. The minimum absolute atomic E-state index is 0.0706. The topological polar surface area (TPSA) is 52.7 Å². The SMILES string of the molecule is CN(C=O)C1CCN(CCC(=O)Nc2ccc(F)cc2)CC1. The second-order valence-corrected chi connectivity index (χ2v) is 5.65. The quantitative estimate of drug-likeness (QED) is 0.814. The van der Waals surface area contributed by atoms with Crippen LogP contribution in [0.1, 0.15) is 19.3 Å². The van der Waals surface area contributed by atoms with Crippen LogP contribution in [0, 0.1) is 5.82 Å². The maximum absolute atomic E-state index is 12.8. The third-order valence-corrected chi connectivity index (χ3v) is 4.08. The molecule has 1 aromatic rings. The first-order valence-electron chi connectivity index (χ1n) is 7.53. The highest BCUT2D eigenvalue weighted by Crippen LogP contribution is 2.15. The van der Waals surface area contributed by atoms with Gasteiger partial charge in [0.2, 0.25) is 12.3 Å². The Morgan fingerprint density at radius 2 is 2.00 bits per heavy atom. The zero-order chi connectivity index (χ0) is 15.9. The smallest absolute Gasteiger partial charge is 0.225 e. The van der Waals surface area contributed by atoms with E-state index in [0.717, 1.165) is 32.3 Å². The van der Waals surface area contributed by atoms with Crippen molar-refractivity contribution >= 4 is 18.0 Å². The average molecular weight is 307 g/mol. The zero-order valence-electron chi connectivity index (χ0n) is 12.8. The second-order valence-electron chi connectivity index (χ2n) is 5.65. The minimum atomic E-state index is -0.318. The van der Waals surface area contributed by atoms with Crippen molar-refractivity contribution in [3.05, 3.63) is 30.1 Å². The maximum Gasteiger partial charge on any atom is 0.225 e. The number of piperidine rings is 1. The average Bonchev–Trinajstić information content (AvgIpc) is 2.55. The number of hydrogen-bond donors (Lipinski definition) is 1. The van der Waals surface area contributed by atoms with Gasteiger partial charge in [-0.1, -0.05) is 0 Å². The third-order valence-electron chi connectivity index (χ3n) is 4.08. The molecule has 1 saturated heterocycles. The number of rotatable bonds is 6. The summed E-state index contributed by atoms with van der Waals surface area (Å²) in [5.41, 5.74) is 0.609. The number of nitrogens with one attached hydrogen (secondary N) is 1. The molecule has 0 unspecified atom stereocenters. The number of hydrogen-bond acceptors (Lipinski definition) is 3. The van der Waals surface area contributed by atoms with E-state index < -0.39 is 0 Å². The van der Waals surface area contributed by atoms with Gasteiger partial charge in [-0.2, -0.15) is 0 Å². The van der Waals surface area contributed by atoms with Gasteiger partial charge in [-0.3, -0.25) is 9.59 Å². The normalized spacial score (nSPS) is 16.3. The van der Waals surface area contributed by atoms with Crippen LogP contribution in [0.2, 0.25) is 0 Å². The van der Waals surface area contributed by atoms with Gasteiger partial charge < -0.3 is 15.1 Å². The van der Waals surface area contributed by atoms with Crippen LogP contribution in [0.15, 0.2) is 24.3 Å². The first-order valence-corrected chi connectivity index (χ1v) is 7.53. The van der Waals surface area contributed by atoms with E-state index in [1.807, 2.05) is 7.05 Å². The van der Waals surface area contributed by atoms with Crippen molar-refractivity contribution in [1.82, 2.24) is 9.80 Å². The van der Waals surface area contributed by atoms with Crippen molar-refractivity contribution in [1.29, 1.82) is 0 Å². The summed E-state index contributed by atoms with van der Waals surface area (Å²) in [4.78, 5) is 26.6. The van der Waals surface area contributed by atoms with E-state index in [1.165, 1.54) is 12.1 Å². The lowest BCUT2D eigenvalue weighted by molar-refractivity contribution is -0.119. The first-order chi connectivity index (χ1) is 10.6. The molecule has 1 aliphatic heterocycles. The lowest BCUT2D eigenvalue weighted by Gasteiger charge is -2.35. The van der Waals surface area contributed by atoms with Gasteiger partial charge in [-0.15, -0.1) is 0 Å². The number of halogens is 1. The molecule has 0 spiro atoms. The fourth-order valence-corrected chi connectivity index (χ4v) is 2.65. The molecule has 1 aromatic carbocycles. The lowest BCUT2D eigenvalue weighted by atomic mass is 10.0. The largest absolute Gasteiger partial charge is 0.345 e.